The molecule has 0 bridgehead atoms. The molecule has 0 aliphatic carbocycles. The summed E-state index contributed by atoms with van der Waals surface area (Å²) in [6.45, 7) is 9.20. The van der Waals surface area contributed by atoms with Crippen LogP contribution >= 0.6 is 0 Å². The fourth-order valence-corrected chi connectivity index (χ4v) is 3.13. The third kappa shape index (κ3) is 4.15. The Balaban J connectivity index is 1.58. The van der Waals surface area contributed by atoms with Gasteiger partial charge in [0.1, 0.15) is 11.4 Å². The molecule has 2 aliphatic rings. The SMILES string of the molecule is CN1CCc2cc(C(=O)N3CCN(C(=O)OC(C)(C)C)CC3)oc2C1. The summed E-state index contributed by atoms with van der Waals surface area (Å²) in [5, 5.41) is 0. The number of fused-ring (bicyclic) bond motifs is 1. The quantitative estimate of drug-likeness (QED) is 0.775. The van der Waals surface area contributed by atoms with Gasteiger partial charge in [-0.3, -0.25) is 9.69 Å². The summed E-state index contributed by atoms with van der Waals surface area (Å²) < 4.78 is 11.2. The minimum atomic E-state index is -0.509. The van der Waals surface area contributed by atoms with E-state index in [0.29, 0.717) is 31.9 Å². The van der Waals surface area contributed by atoms with Crippen molar-refractivity contribution in [1.82, 2.24) is 14.7 Å². The number of hydrogen-bond donors (Lipinski definition) is 0. The molecule has 0 atom stereocenters. The van der Waals surface area contributed by atoms with Gasteiger partial charge in [-0.25, -0.2) is 4.79 Å². The number of amides is 2. The van der Waals surface area contributed by atoms with Crippen LogP contribution in [0.25, 0.3) is 0 Å². The van der Waals surface area contributed by atoms with Crippen molar-refractivity contribution >= 4 is 12.0 Å². The topological polar surface area (TPSA) is 66.2 Å². The summed E-state index contributed by atoms with van der Waals surface area (Å²) in [5.41, 5.74) is 0.624. The maximum atomic E-state index is 12.7. The highest BCUT2D eigenvalue weighted by Crippen LogP contribution is 2.23. The van der Waals surface area contributed by atoms with Crippen molar-refractivity contribution in [2.24, 2.45) is 0 Å². The number of carbonyl (C=O) groups excluding carboxylic acids is 2. The van der Waals surface area contributed by atoms with Crippen LogP contribution in [0.4, 0.5) is 4.79 Å². The monoisotopic (exact) mass is 349 g/mol. The van der Waals surface area contributed by atoms with E-state index in [1.807, 2.05) is 33.9 Å². The van der Waals surface area contributed by atoms with Gasteiger partial charge < -0.3 is 19.0 Å². The molecule has 1 saturated heterocycles. The molecule has 2 aliphatic heterocycles. The predicted molar refractivity (Wildman–Crippen MR) is 92.5 cm³/mol. The van der Waals surface area contributed by atoms with Crippen molar-refractivity contribution in [3.63, 3.8) is 0 Å². The van der Waals surface area contributed by atoms with Gasteiger partial charge in [-0.2, -0.15) is 0 Å². The predicted octanol–water partition coefficient (Wildman–Crippen LogP) is 1.96. The van der Waals surface area contributed by atoms with Crippen LogP contribution in [0.1, 0.15) is 42.6 Å². The van der Waals surface area contributed by atoms with E-state index in [9.17, 15) is 9.59 Å². The molecule has 0 N–H and O–H groups in total. The lowest BCUT2D eigenvalue weighted by atomic mass is 10.1. The largest absolute Gasteiger partial charge is 0.454 e. The second-order valence-electron chi connectivity index (χ2n) is 7.81. The molecule has 138 valence electrons. The third-order valence-corrected chi connectivity index (χ3v) is 4.50. The summed E-state index contributed by atoms with van der Waals surface area (Å²) in [5.74, 6) is 1.21. The van der Waals surface area contributed by atoms with E-state index in [-0.39, 0.29) is 12.0 Å². The van der Waals surface area contributed by atoms with Crippen LogP contribution < -0.4 is 0 Å². The van der Waals surface area contributed by atoms with Crippen molar-refractivity contribution < 1.29 is 18.7 Å². The molecule has 0 unspecified atom stereocenters. The highest BCUT2D eigenvalue weighted by Gasteiger charge is 2.30. The van der Waals surface area contributed by atoms with Crippen LogP contribution in [0.15, 0.2) is 10.5 Å². The minimum Gasteiger partial charge on any atom is -0.454 e. The molecule has 0 spiro atoms. The Hall–Kier alpha value is -2.02. The molecule has 7 heteroatoms. The Morgan fingerprint density at radius 3 is 2.36 bits per heavy atom. The zero-order valence-corrected chi connectivity index (χ0v) is 15.5. The number of furan rings is 1. The highest BCUT2D eigenvalue weighted by molar-refractivity contribution is 5.92. The standard InChI is InChI=1S/C18H27N3O4/c1-18(2,3)25-17(23)21-9-7-20(8-10-21)16(22)14-11-13-5-6-19(4)12-15(13)24-14/h11H,5-10,12H2,1-4H3. The Morgan fingerprint density at radius 1 is 1.08 bits per heavy atom. The van der Waals surface area contributed by atoms with Crippen LogP contribution in [-0.2, 0) is 17.7 Å². The van der Waals surface area contributed by atoms with Crippen molar-refractivity contribution in [2.45, 2.75) is 39.3 Å². The molecule has 7 nitrogen and oxygen atoms in total. The number of likely N-dealkylation sites (N-methyl/N-ethyl adjacent to an activating group) is 1. The molecule has 1 fully saturated rings. The Kier molecular flexibility index (Phi) is 4.77. The van der Waals surface area contributed by atoms with E-state index in [2.05, 4.69) is 4.90 Å². The lowest BCUT2D eigenvalue weighted by Crippen LogP contribution is -2.51. The maximum Gasteiger partial charge on any atom is 0.410 e. The van der Waals surface area contributed by atoms with Crippen molar-refractivity contribution in [3.05, 3.63) is 23.2 Å². The Bertz CT molecular complexity index is 654. The van der Waals surface area contributed by atoms with Gasteiger partial charge in [-0.1, -0.05) is 0 Å². The first-order valence-electron chi connectivity index (χ1n) is 8.80. The van der Waals surface area contributed by atoms with Gasteiger partial charge >= 0.3 is 6.09 Å². The Labute approximate surface area is 148 Å². The van der Waals surface area contributed by atoms with Crippen LogP contribution in [-0.4, -0.2) is 72.1 Å². The van der Waals surface area contributed by atoms with Crippen LogP contribution in [0.5, 0.6) is 0 Å². The van der Waals surface area contributed by atoms with Crippen LogP contribution in [0, 0.1) is 0 Å². The number of nitrogens with zero attached hydrogens (tertiary/aromatic N) is 3. The molecular weight excluding hydrogens is 322 g/mol. The van der Waals surface area contributed by atoms with Gasteiger partial charge in [0, 0.05) is 32.7 Å². The summed E-state index contributed by atoms with van der Waals surface area (Å²) in [4.78, 5) is 30.4. The lowest BCUT2D eigenvalue weighted by molar-refractivity contribution is 0.0137. The normalized spacial score (nSPS) is 18.9. The van der Waals surface area contributed by atoms with E-state index in [1.165, 1.54) is 0 Å². The summed E-state index contributed by atoms with van der Waals surface area (Å²) in [6.07, 6.45) is 0.589. The van der Waals surface area contributed by atoms with Crippen LogP contribution in [0.2, 0.25) is 0 Å². The number of carbonyl (C=O) groups is 2. The van der Waals surface area contributed by atoms with Crippen molar-refractivity contribution in [2.75, 3.05) is 39.8 Å². The molecule has 1 aromatic rings. The van der Waals surface area contributed by atoms with Gasteiger partial charge in [0.05, 0.1) is 6.54 Å². The highest BCUT2D eigenvalue weighted by atomic mass is 16.6. The van der Waals surface area contributed by atoms with E-state index >= 15 is 0 Å². The minimum absolute atomic E-state index is 0.0964. The van der Waals surface area contributed by atoms with E-state index < -0.39 is 5.60 Å². The molecular formula is C18H27N3O4. The average molecular weight is 349 g/mol. The van der Waals surface area contributed by atoms with E-state index in [4.69, 9.17) is 9.15 Å². The zero-order valence-electron chi connectivity index (χ0n) is 15.5. The molecule has 0 radical (unpaired) electrons. The summed E-state index contributed by atoms with van der Waals surface area (Å²) >= 11 is 0. The number of rotatable bonds is 1. The maximum absolute atomic E-state index is 12.7. The average Bonchev–Trinajstić information content (AvgIpc) is 2.95. The molecule has 0 saturated carbocycles. The van der Waals surface area contributed by atoms with Gasteiger partial charge in [-0.05, 0) is 45.9 Å². The third-order valence-electron chi connectivity index (χ3n) is 4.50. The van der Waals surface area contributed by atoms with Crippen molar-refractivity contribution in [1.29, 1.82) is 0 Å². The zero-order chi connectivity index (χ0) is 18.2. The lowest BCUT2D eigenvalue weighted by Gasteiger charge is -2.35. The fraction of sp³-hybridized carbons (Fsp3) is 0.667. The molecule has 3 heterocycles. The Morgan fingerprint density at radius 2 is 1.72 bits per heavy atom. The number of ether oxygens (including phenoxy) is 1. The van der Waals surface area contributed by atoms with E-state index in [0.717, 1.165) is 30.8 Å². The van der Waals surface area contributed by atoms with Crippen molar-refractivity contribution in [3.8, 4) is 0 Å². The number of hydrogen-bond acceptors (Lipinski definition) is 5. The van der Waals surface area contributed by atoms with Gasteiger partial charge in [0.2, 0.25) is 0 Å². The first-order valence-corrected chi connectivity index (χ1v) is 8.80. The summed E-state index contributed by atoms with van der Waals surface area (Å²) in [6, 6.07) is 1.88. The molecule has 0 aromatic carbocycles. The molecule has 25 heavy (non-hydrogen) atoms. The smallest absolute Gasteiger partial charge is 0.410 e. The summed E-state index contributed by atoms with van der Waals surface area (Å²) in [7, 11) is 2.04. The van der Waals surface area contributed by atoms with Gasteiger partial charge in [-0.15, -0.1) is 0 Å². The molecule has 3 rings (SSSR count). The molecule has 2 amide bonds. The fourth-order valence-electron chi connectivity index (χ4n) is 3.13. The van der Waals surface area contributed by atoms with Gasteiger partial charge in [0.15, 0.2) is 5.76 Å². The molecule has 1 aromatic heterocycles. The van der Waals surface area contributed by atoms with Gasteiger partial charge in [0.25, 0.3) is 5.91 Å². The number of piperazine rings is 1. The second kappa shape index (κ2) is 6.71. The second-order valence-corrected chi connectivity index (χ2v) is 7.81. The van der Waals surface area contributed by atoms with E-state index in [1.54, 1.807) is 9.80 Å². The van der Waals surface area contributed by atoms with Crippen LogP contribution in [0.3, 0.4) is 0 Å². The first kappa shape index (κ1) is 17.8. The first-order chi connectivity index (χ1) is 11.7.